The van der Waals surface area contributed by atoms with Gasteiger partial charge in [0.15, 0.2) is 0 Å². The van der Waals surface area contributed by atoms with Gasteiger partial charge in [-0.3, -0.25) is 14.9 Å². The molecule has 0 fully saturated rings. The second-order valence-electron chi connectivity index (χ2n) is 4.41. The molecular formula is C14H18N2O6. The molecule has 1 N–H and O–H groups in total. The molecule has 0 unspecified atom stereocenters. The number of nitro groups is 1. The van der Waals surface area contributed by atoms with Crippen LogP contribution in [0.2, 0.25) is 0 Å². The Bertz CT molecular complexity index is 529. The minimum atomic E-state index is -0.876. The molecule has 1 amide bonds. The first kappa shape index (κ1) is 17.6. The molecule has 22 heavy (non-hydrogen) atoms. The maximum Gasteiger partial charge on any atom is 0.328 e. The van der Waals surface area contributed by atoms with Gasteiger partial charge >= 0.3 is 5.97 Å². The van der Waals surface area contributed by atoms with E-state index in [0.717, 1.165) is 0 Å². The summed E-state index contributed by atoms with van der Waals surface area (Å²) >= 11 is 0. The average Bonchev–Trinajstić information content (AvgIpc) is 2.52. The van der Waals surface area contributed by atoms with Crippen LogP contribution in [0.4, 0.5) is 5.69 Å². The van der Waals surface area contributed by atoms with Crippen molar-refractivity contribution in [1.29, 1.82) is 0 Å². The number of carbonyl (C=O) groups excluding carboxylic acids is 2. The van der Waals surface area contributed by atoms with Gasteiger partial charge in [-0.2, -0.15) is 0 Å². The standard InChI is InChI=1S/C14H18N2O6/c1-3-22-9-13(17)15-12(14(18)21-2)8-10-4-6-11(7-5-10)16(19)20/h4-7,12H,3,8-9H2,1-2H3,(H,15,17)/t12-/m1/s1. The molecule has 0 aliphatic rings. The molecule has 0 aliphatic carbocycles. The minimum absolute atomic E-state index is 0.0428. The lowest BCUT2D eigenvalue weighted by atomic mass is 10.1. The number of carbonyl (C=O) groups is 2. The largest absolute Gasteiger partial charge is 0.467 e. The molecule has 0 saturated carbocycles. The number of nitro benzene ring substituents is 1. The maximum absolute atomic E-state index is 11.7. The number of methoxy groups -OCH3 is 1. The number of amides is 1. The third-order valence-corrected chi connectivity index (χ3v) is 2.85. The first-order valence-corrected chi connectivity index (χ1v) is 6.66. The zero-order chi connectivity index (χ0) is 16.5. The van der Waals surface area contributed by atoms with Crippen molar-refractivity contribution in [2.45, 2.75) is 19.4 Å². The third kappa shape index (κ3) is 5.49. The van der Waals surface area contributed by atoms with Crippen molar-refractivity contribution in [2.24, 2.45) is 0 Å². The van der Waals surface area contributed by atoms with E-state index in [1.807, 2.05) is 0 Å². The SMILES string of the molecule is CCOCC(=O)N[C@H](Cc1ccc([N+](=O)[O-])cc1)C(=O)OC. The number of hydrogen-bond donors (Lipinski definition) is 1. The first-order chi connectivity index (χ1) is 10.5. The zero-order valence-electron chi connectivity index (χ0n) is 12.4. The van der Waals surface area contributed by atoms with E-state index in [2.05, 4.69) is 10.1 Å². The monoisotopic (exact) mass is 310 g/mol. The van der Waals surface area contributed by atoms with Crippen LogP contribution in [-0.4, -0.2) is 43.2 Å². The summed E-state index contributed by atoms with van der Waals surface area (Å²) in [7, 11) is 1.22. The minimum Gasteiger partial charge on any atom is -0.467 e. The molecule has 1 aromatic carbocycles. The van der Waals surface area contributed by atoms with E-state index in [-0.39, 0.29) is 18.7 Å². The van der Waals surface area contributed by atoms with Crippen LogP contribution in [0.25, 0.3) is 0 Å². The number of ether oxygens (including phenoxy) is 2. The van der Waals surface area contributed by atoms with Gasteiger partial charge in [0.05, 0.1) is 12.0 Å². The van der Waals surface area contributed by atoms with E-state index in [9.17, 15) is 19.7 Å². The van der Waals surface area contributed by atoms with E-state index >= 15 is 0 Å². The molecule has 1 aromatic rings. The number of hydrogen-bond acceptors (Lipinski definition) is 6. The fourth-order valence-corrected chi connectivity index (χ4v) is 1.76. The lowest BCUT2D eigenvalue weighted by Gasteiger charge is -2.16. The molecular weight excluding hydrogens is 292 g/mol. The van der Waals surface area contributed by atoms with Crippen LogP contribution >= 0.6 is 0 Å². The first-order valence-electron chi connectivity index (χ1n) is 6.66. The highest BCUT2D eigenvalue weighted by Crippen LogP contribution is 2.13. The van der Waals surface area contributed by atoms with Gasteiger partial charge in [0.2, 0.25) is 5.91 Å². The van der Waals surface area contributed by atoms with Gasteiger partial charge in [0, 0.05) is 25.2 Å². The van der Waals surface area contributed by atoms with E-state index < -0.39 is 22.8 Å². The fraction of sp³-hybridized carbons (Fsp3) is 0.429. The predicted octanol–water partition coefficient (Wildman–Crippen LogP) is 0.832. The smallest absolute Gasteiger partial charge is 0.328 e. The number of benzene rings is 1. The topological polar surface area (TPSA) is 108 Å². The summed E-state index contributed by atoms with van der Waals surface area (Å²) in [5.74, 6) is -1.03. The van der Waals surface area contributed by atoms with Gasteiger partial charge in [-0.25, -0.2) is 4.79 Å². The Hall–Kier alpha value is -2.48. The number of nitrogens with zero attached hydrogens (tertiary/aromatic N) is 1. The molecule has 1 rings (SSSR count). The quantitative estimate of drug-likeness (QED) is 0.433. The summed E-state index contributed by atoms with van der Waals surface area (Å²) in [5, 5.41) is 13.1. The Balaban J connectivity index is 2.74. The normalized spacial score (nSPS) is 11.5. The Morgan fingerprint density at radius 3 is 2.45 bits per heavy atom. The van der Waals surface area contributed by atoms with Crippen molar-refractivity contribution >= 4 is 17.6 Å². The van der Waals surface area contributed by atoms with E-state index in [4.69, 9.17) is 4.74 Å². The molecule has 1 atom stereocenters. The van der Waals surface area contributed by atoms with Crippen molar-refractivity contribution in [3.8, 4) is 0 Å². The van der Waals surface area contributed by atoms with Crippen LogP contribution in [-0.2, 0) is 25.5 Å². The number of esters is 1. The van der Waals surface area contributed by atoms with E-state index in [1.165, 1.54) is 31.4 Å². The van der Waals surface area contributed by atoms with Crippen molar-refractivity contribution in [2.75, 3.05) is 20.3 Å². The number of rotatable bonds is 8. The summed E-state index contributed by atoms with van der Waals surface area (Å²) in [6.45, 7) is 1.99. The van der Waals surface area contributed by atoms with E-state index in [0.29, 0.717) is 12.2 Å². The Kier molecular flexibility index (Phi) is 6.97. The summed E-state index contributed by atoms with van der Waals surface area (Å²) in [5.41, 5.74) is 0.622. The van der Waals surface area contributed by atoms with Crippen molar-refractivity contribution in [3.63, 3.8) is 0 Å². The van der Waals surface area contributed by atoms with Crippen LogP contribution < -0.4 is 5.32 Å². The highest BCUT2D eigenvalue weighted by Gasteiger charge is 2.22. The fourth-order valence-electron chi connectivity index (χ4n) is 1.76. The molecule has 120 valence electrons. The second-order valence-corrected chi connectivity index (χ2v) is 4.41. The molecule has 0 aliphatic heterocycles. The molecule has 8 nitrogen and oxygen atoms in total. The molecule has 8 heteroatoms. The summed E-state index contributed by atoms with van der Waals surface area (Å²) in [4.78, 5) is 33.4. The summed E-state index contributed by atoms with van der Waals surface area (Å²) in [6, 6.07) is 4.86. The Morgan fingerprint density at radius 1 is 1.32 bits per heavy atom. The molecule has 0 bridgehead atoms. The predicted molar refractivity (Wildman–Crippen MR) is 77.2 cm³/mol. The van der Waals surface area contributed by atoms with Crippen molar-refractivity contribution < 1.29 is 24.0 Å². The van der Waals surface area contributed by atoms with Crippen LogP contribution in [0.3, 0.4) is 0 Å². The molecule has 0 saturated heterocycles. The van der Waals surface area contributed by atoms with Crippen LogP contribution in [0.5, 0.6) is 0 Å². The molecule has 0 spiro atoms. The summed E-state index contributed by atoms with van der Waals surface area (Å²) < 4.78 is 9.61. The van der Waals surface area contributed by atoms with Crippen molar-refractivity contribution in [1.82, 2.24) is 5.32 Å². The van der Waals surface area contributed by atoms with Crippen LogP contribution in [0, 0.1) is 10.1 Å². The van der Waals surface area contributed by atoms with Gasteiger partial charge in [-0.1, -0.05) is 12.1 Å². The molecule has 0 radical (unpaired) electrons. The maximum atomic E-state index is 11.7. The lowest BCUT2D eigenvalue weighted by Crippen LogP contribution is -2.44. The van der Waals surface area contributed by atoms with Gasteiger partial charge in [0.1, 0.15) is 12.6 Å². The zero-order valence-corrected chi connectivity index (χ0v) is 12.4. The van der Waals surface area contributed by atoms with Gasteiger partial charge in [-0.05, 0) is 12.5 Å². The van der Waals surface area contributed by atoms with Crippen LogP contribution in [0.15, 0.2) is 24.3 Å². The Morgan fingerprint density at radius 2 is 1.95 bits per heavy atom. The highest BCUT2D eigenvalue weighted by atomic mass is 16.6. The molecule has 0 aromatic heterocycles. The van der Waals surface area contributed by atoms with Gasteiger partial charge in [-0.15, -0.1) is 0 Å². The van der Waals surface area contributed by atoms with E-state index in [1.54, 1.807) is 6.92 Å². The lowest BCUT2D eigenvalue weighted by molar-refractivity contribution is -0.384. The highest BCUT2D eigenvalue weighted by molar-refractivity contribution is 5.85. The van der Waals surface area contributed by atoms with Gasteiger partial charge in [0.25, 0.3) is 5.69 Å². The van der Waals surface area contributed by atoms with Gasteiger partial charge < -0.3 is 14.8 Å². The average molecular weight is 310 g/mol. The third-order valence-electron chi connectivity index (χ3n) is 2.85. The van der Waals surface area contributed by atoms with Crippen molar-refractivity contribution in [3.05, 3.63) is 39.9 Å². The second kappa shape index (κ2) is 8.73. The Labute approximate surface area is 127 Å². The molecule has 0 heterocycles. The number of nitrogens with one attached hydrogen (secondary N) is 1. The summed E-state index contributed by atoms with van der Waals surface area (Å²) in [6.07, 6.45) is 0.169. The van der Waals surface area contributed by atoms with Crippen LogP contribution in [0.1, 0.15) is 12.5 Å². The number of non-ortho nitro benzene ring substituents is 1.